The fraction of sp³-hybridized carbons (Fsp3) is 0. The minimum absolute atomic E-state index is 0. The van der Waals surface area contributed by atoms with Crippen LogP contribution in [0.4, 0.5) is 0 Å². The predicted molar refractivity (Wildman–Crippen MR) is 10.4 cm³/mol. The van der Waals surface area contributed by atoms with Crippen LogP contribution in [0.25, 0.3) is 0 Å². The minimum Gasteiger partial charge on any atom is -0.356 e. The Bertz CT molecular complexity index is 33.8. The van der Waals surface area contributed by atoms with E-state index in [2.05, 4.69) is 0 Å². The average molecular weight is 89.0 g/mol. The summed E-state index contributed by atoms with van der Waals surface area (Å²) in [5, 5.41) is 14.8. The Morgan fingerprint density at radius 2 is 1.33 bits per heavy atom. The molecule has 0 radical (unpaired) electrons. The van der Waals surface area contributed by atoms with Gasteiger partial charge in [-0.3, -0.25) is 0 Å². The van der Waals surface area contributed by atoms with Gasteiger partial charge in [-0.2, -0.15) is 0 Å². The van der Waals surface area contributed by atoms with E-state index >= 15 is 0 Å². The topological polar surface area (TPSA) is 66.2 Å². The molecule has 0 N–H and O–H groups in total. The second kappa shape index (κ2) is 8.92. The molecule has 0 atom stereocenters. The molecule has 0 unspecified atom stereocenters. The van der Waals surface area contributed by atoms with Gasteiger partial charge in [-0.1, -0.05) is 0 Å². The molecule has 0 spiro atoms. The second-order valence-electron chi connectivity index (χ2n) is 0.224. The first-order valence-corrected chi connectivity index (χ1v) is 0.548. The fourth-order valence-corrected chi connectivity index (χ4v) is 0. The number of hydrogen-bond donors (Lipinski definition) is 0. The summed E-state index contributed by atoms with van der Waals surface area (Å²) >= 11 is 0. The van der Waals surface area contributed by atoms with Crippen molar-refractivity contribution in [1.82, 2.24) is 0 Å². The summed E-state index contributed by atoms with van der Waals surface area (Å²) in [5.41, 5.74) is 0. The van der Waals surface area contributed by atoms with Gasteiger partial charge in [0, 0.05) is 6.15 Å². The van der Waals surface area contributed by atoms with Gasteiger partial charge in [0.1, 0.15) is 0 Å². The van der Waals surface area contributed by atoms with E-state index in [-0.39, 0.29) is 35.7 Å². The summed E-state index contributed by atoms with van der Waals surface area (Å²) in [6.45, 7) is 0. The molecule has 0 aliphatic heterocycles. The first kappa shape index (κ1) is 16.5. The number of rotatable bonds is 0. The van der Waals surface area contributed by atoms with E-state index in [1.807, 2.05) is 0 Å². The average Bonchev–Trinajstić information content (AvgIpc) is 0.811. The Balaban J connectivity index is -0.0000000450. The Hall–Kier alpha value is 0.109. The zero-order valence-corrected chi connectivity index (χ0v) is 5.38. The zero-order valence-electron chi connectivity index (χ0n) is 3.38. The van der Waals surface area contributed by atoms with Crippen molar-refractivity contribution >= 4 is 0 Å². The zero-order chi connectivity index (χ0) is 3.58. The van der Waals surface area contributed by atoms with E-state index < -0.39 is 5.09 Å². The molecule has 0 bridgehead atoms. The van der Waals surface area contributed by atoms with E-state index in [1.54, 1.807) is 0 Å². The maximum Gasteiger partial charge on any atom is 1.00 e. The van der Waals surface area contributed by atoms with Gasteiger partial charge in [0.15, 0.2) is 0 Å². The number of nitrogens with zero attached hydrogens (tertiary/aromatic N) is 1. The third-order valence-electron chi connectivity index (χ3n) is 0. The van der Waals surface area contributed by atoms with Crippen molar-refractivity contribution in [2.24, 2.45) is 0 Å². The van der Waals surface area contributed by atoms with Gasteiger partial charge in [0.05, 0.1) is 5.09 Å². The molecule has 0 saturated carbocycles. The van der Waals surface area contributed by atoms with Gasteiger partial charge in [-0.25, -0.2) is 0 Å². The molecule has 0 aromatic rings. The molecule has 0 saturated heterocycles. The minimum atomic E-state index is -1.75. The predicted octanol–water partition coefficient (Wildman–Crippen LogP) is -3.24. The Kier molecular flexibility index (Phi) is 24.5. The third-order valence-corrected chi connectivity index (χ3v) is 0. The molecule has 0 aromatic heterocycles. The van der Waals surface area contributed by atoms with Gasteiger partial charge in [-0.15, -0.1) is 0 Å². The van der Waals surface area contributed by atoms with Gasteiger partial charge in [0.2, 0.25) is 0 Å². The largest absolute Gasteiger partial charge is 1.00 e. The van der Waals surface area contributed by atoms with Crippen LogP contribution < -0.4 is 29.6 Å². The first-order chi connectivity index (χ1) is 1.73. The summed E-state index contributed by atoms with van der Waals surface area (Å²) in [4.78, 5) is 8.25. The van der Waals surface area contributed by atoms with E-state index in [9.17, 15) is 0 Å². The molecule has 0 heterocycles. The normalized spacial score (nSPS) is 4.00. The SMILES string of the molecule is O=[N+]([O-])[O-].[He].[Na+]. The van der Waals surface area contributed by atoms with Crippen molar-refractivity contribution in [2.75, 3.05) is 0 Å². The maximum absolute atomic E-state index is 8.25. The first-order valence-electron chi connectivity index (χ1n) is 0.548. The fourth-order valence-electron chi connectivity index (χ4n) is 0. The standard InChI is InChI=1S/He.NO3.Na/c;2-1(3)4;/q;-1;+1. The molecular formula is HeNNaO3. The summed E-state index contributed by atoms with van der Waals surface area (Å²) in [6.07, 6.45) is 0. The van der Waals surface area contributed by atoms with E-state index in [0.29, 0.717) is 0 Å². The summed E-state index contributed by atoms with van der Waals surface area (Å²) in [6, 6.07) is 0. The molecule has 0 aromatic carbocycles. The smallest absolute Gasteiger partial charge is 0.356 e. The van der Waals surface area contributed by atoms with Crippen LogP contribution in [0.3, 0.4) is 0 Å². The van der Waals surface area contributed by atoms with Crippen LogP contribution >= 0.6 is 0 Å². The van der Waals surface area contributed by atoms with Crippen molar-refractivity contribution in [3.05, 3.63) is 15.3 Å². The molecule has 26 valence electrons. The van der Waals surface area contributed by atoms with Crippen molar-refractivity contribution in [1.29, 1.82) is 0 Å². The number of hydrogen-bond acceptors (Lipinski definition) is 3. The van der Waals surface area contributed by atoms with Crippen LogP contribution in [0.2, 0.25) is 0 Å². The van der Waals surface area contributed by atoms with Gasteiger partial charge in [-0.05, 0) is 0 Å². The van der Waals surface area contributed by atoms with Crippen LogP contribution in [-0.4, -0.2) is 5.09 Å². The van der Waals surface area contributed by atoms with Crippen molar-refractivity contribution < 1.29 is 40.8 Å². The molecular weight excluding hydrogens is 89.0 g/mol. The summed E-state index contributed by atoms with van der Waals surface area (Å²) in [5.74, 6) is 0. The molecule has 6 heavy (non-hydrogen) atoms. The summed E-state index contributed by atoms with van der Waals surface area (Å²) in [7, 11) is 0. The monoisotopic (exact) mass is 89.0 g/mol. The molecule has 0 amide bonds. The summed E-state index contributed by atoms with van der Waals surface area (Å²) < 4.78 is 0. The Morgan fingerprint density at radius 3 is 1.33 bits per heavy atom. The van der Waals surface area contributed by atoms with Gasteiger partial charge >= 0.3 is 29.6 Å². The van der Waals surface area contributed by atoms with E-state index in [4.69, 9.17) is 15.3 Å². The molecule has 0 fully saturated rings. The third kappa shape index (κ3) is 3340. The Morgan fingerprint density at radius 1 is 1.33 bits per heavy atom. The van der Waals surface area contributed by atoms with Crippen LogP contribution in [0.5, 0.6) is 0 Å². The molecule has 0 rings (SSSR count). The van der Waals surface area contributed by atoms with E-state index in [1.165, 1.54) is 0 Å². The van der Waals surface area contributed by atoms with Crippen LogP contribution in [0.15, 0.2) is 0 Å². The molecule has 0 aliphatic rings. The Labute approximate surface area is 56.3 Å². The van der Waals surface area contributed by atoms with Crippen molar-refractivity contribution in [2.45, 2.75) is 0 Å². The maximum atomic E-state index is 8.25. The van der Waals surface area contributed by atoms with Gasteiger partial charge < -0.3 is 15.3 Å². The van der Waals surface area contributed by atoms with Crippen molar-refractivity contribution in [3.8, 4) is 0 Å². The molecule has 4 nitrogen and oxygen atoms in total. The van der Waals surface area contributed by atoms with Crippen LogP contribution in [-0.2, 0) is 0 Å². The quantitative estimate of drug-likeness (QED) is 0.178. The molecule has 0 aliphatic carbocycles. The van der Waals surface area contributed by atoms with Gasteiger partial charge in [0.25, 0.3) is 0 Å². The van der Waals surface area contributed by atoms with Crippen LogP contribution in [0.1, 0.15) is 0 Å². The molecule has 6 heteroatoms. The van der Waals surface area contributed by atoms with Crippen LogP contribution in [0, 0.1) is 21.5 Å². The second-order valence-corrected chi connectivity index (χ2v) is 0.224. The van der Waals surface area contributed by atoms with E-state index in [0.717, 1.165) is 0 Å². The van der Waals surface area contributed by atoms with Crippen molar-refractivity contribution in [3.63, 3.8) is 0 Å².